The van der Waals surface area contributed by atoms with Crippen molar-refractivity contribution in [3.05, 3.63) is 48.0 Å². The van der Waals surface area contributed by atoms with Crippen LogP contribution in [0, 0.1) is 23.7 Å². The fourth-order valence-electron chi connectivity index (χ4n) is 4.14. The van der Waals surface area contributed by atoms with Crippen LogP contribution in [-0.2, 0) is 0 Å². The lowest BCUT2D eigenvalue weighted by Gasteiger charge is -2.25. The number of fused-ring (bicyclic) bond motifs is 5. The fourth-order valence-corrected chi connectivity index (χ4v) is 4.14. The van der Waals surface area contributed by atoms with Crippen molar-refractivity contribution < 1.29 is 0 Å². The molecule has 1 aliphatic heterocycles. The monoisotopic (exact) mass is 211 g/mol. The molecule has 1 heteroatoms. The van der Waals surface area contributed by atoms with Crippen molar-refractivity contribution in [3.8, 4) is 0 Å². The lowest BCUT2D eigenvalue weighted by atomic mass is 9.80. The Kier molecular flexibility index (Phi) is 1.80. The Hall–Kier alpha value is -1.08. The Morgan fingerprint density at radius 1 is 1.00 bits per heavy atom. The van der Waals surface area contributed by atoms with Gasteiger partial charge in [-0.2, -0.15) is 0 Å². The van der Waals surface area contributed by atoms with E-state index in [2.05, 4.69) is 47.8 Å². The standard InChI is InChI=1S/C15H17N/c1-2-4-10(5-3-1)15-14-12-7-6-11(8-12)13(14)9-16-15/h1-7,11-16H,8-9H2/t11-,12+,13-,14+,15-/m1/s1. The summed E-state index contributed by atoms with van der Waals surface area (Å²) in [6.45, 7) is 1.22. The van der Waals surface area contributed by atoms with Crippen molar-refractivity contribution >= 4 is 0 Å². The number of benzene rings is 1. The maximum Gasteiger partial charge on any atom is 0.0357 e. The highest BCUT2D eigenvalue weighted by Crippen LogP contribution is 2.55. The van der Waals surface area contributed by atoms with Gasteiger partial charge in [0.05, 0.1) is 0 Å². The Labute approximate surface area is 96.6 Å². The van der Waals surface area contributed by atoms with E-state index in [-0.39, 0.29) is 0 Å². The first kappa shape index (κ1) is 9.00. The maximum atomic E-state index is 3.74. The summed E-state index contributed by atoms with van der Waals surface area (Å²) in [4.78, 5) is 0. The van der Waals surface area contributed by atoms with E-state index in [1.54, 1.807) is 0 Å². The number of nitrogens with one attached hydrogen (secondary N) is 1. The predicted octanol–water partition coefficient (Wildman–Crippen LogP) is 2.77. The summed E-state index contributed by atoms with van der Waals surface area (Å²) in [5.74, 6) is 3.48. The molecule has 4 rings (SSSR count). The third-order valence-electron chi connectivity index (χ3n) is 4.81. The SMILES string of the molecule is C1=C[C@H]2C[C@@H]1[C@H]1CN[C@H](c3ccccc3)[C@H]12. The summed E-state index contributed by atoms with van der Waals surface area (Å²) >= 11 is 0. The van der Waals surface area contributed by atoms with E-state index in [0.29, 0.717) is 6.04 Å². The van der Waals surface area contributed by atoms with Gasteiger partial charge in [0.1, 0.15) is 0 Å². The fraction of sp³-hybridized carbons (Fsp3) is 0.467. The summed E-state index contributed by atoms with van der Waals surface area (Å²) in [7, 11) is 0. The number of allylic oxidation sites excluding steroid dienone is 2. The highest BCUT2D eigenvalue weighted by Gasteiger charge is 2.51. The minimum Gasteiger partial charge on any atom is -0.309 e. The van der Waals surface area contributed by atoms with Crippen LogP contribution in [0.4, 0.5) is 0 Å². The smallest absolute Gasteiger partial charge is 0.0357 e. The van der Waals surface area contributed by atoms with Crippen LogP contribution >= 0.6 is 0 Å². The normalized spacial score (nSPS) is 43.9. The van der Waals surface area contributed by atoms with Gasteiger partial charge in [0.2, 0.25) is 0 Å². The molecule has 1 saturated carbocycles. The Bertz CT molecular complexity index is 422. The van der Waals surface area contributed by atoms with Crippen LogP contribution in [0.5, 0.6) is 0 Å². The maximum absolute atomic E-state index is 3.74. The van der Waals surface area contributed by atoms with Gasteiger partial charge in [-0.1, -0.05) is 42.5 Å². The largest absolute Gasteiger partial charge is 0.309 e. The molecule has 2 fully saturated rings. The van der Waals surface area contributed by atoms with Crippen LogP contribution in [0.1, 0.15) is 18.0 Å². The first-order valence-corrected chi connectivity index (χ1v) is 6.40. The summed E-state index contributed by atoms with van der Waals surface area (Å²) in [6.07, 6.45) is 6.34. The van der Waals surface area contributed by atoms with E-state index in [0.717, 1.165) is 23.7 Å². The van der Waals surface area contributed by atoms with Crippen LogP contribution < -0.4 is 5.32 Å². The molecule has 0 spiro atoms. The zero-order valence-corrected chi connectivity index (χ0v) is 9.34. The molecule has 2 aliphatic carbocycles. The highest BCUT2D eigenvalue weighted by atomic mass is 15.0. The molecule has 1 aromatic rings. The molecule has 5 atom stereocenters. The predicted molar refractivity (Wildman–Crippen MR) is 64.9 cm³/mol. The minimum absolute atomic E-state index is 0.603. The summed E-state index contributed by atoms with van der Waals surface area (Å²) < 4.78 is 0. The average molecular weight is 211 g/mol. The molecule has 0 aromatic heterocycles. The zero-order valence-electron chi connectivity index (χ0n) is 9.34. The molecule has 16 heavy (non-hydrogen) atoms. The topological polar surface area (TPSA) is 12.0 Å². The van der Waals surface area contributed by atoms with E-state index >= 15 is 0 Å². The van der Waals surface area contributed by atoms with E-state index in [4.69, 9.17) is 0 Å². The van der Waals surface area contributed by atoms with Gasteiger partial charge in [-0.15, -0.1) is 0 Å². The highest BCUT2D eigenvalue weighted by molar-refractivity contribution is 5.26. The van der Waals surface area contributed by atoms with Gasteiger partial charge >= 0.3 is 0 Å². The van der Waals surface area contributed by atoms with Crippen molar-refractivity contribution in [2.24, 2.45) is 23.7 Å². The second kappa shape index (κ2) is 3.21. The third kappa shape index (κ3) is 1.10. The van der Waals surface area contributed by atoms with Gasteiger partial charge in [0.25, 0.3) is 0 Å². The summed E-state index contributed by atoms with van der Waals surface area (Å²) in [5, 5.41) is 3.74. The molecule has 1 saturated heterocycles. The van der Waals surface area contributed by atoms with E-state index in [1.807, 2.05) is 0 Å². The second-order valence-electron chi connectivity index (χ2n) is 5.49. The van der Waals surface area contributed by atoms with Gasteiger partial charge < -0.3 is 5.32 Å². The molecule has 0 unspecified atom stereocenters. The molecule has 1 nitrogen and oxygen atoms in total. The molecule has 0 amide bonds. The lowest BCUT2D eigenvalue weighted by molar-refractivity contribution is 0.342. The number of hydrogen-bond donors (Lipinski definition) is 1. The lowest BCUT2D eigenvalue weighted by Crippen LogP contribution is -2.21. The minimum atomic E-state index is 0.603. The van der Waals surface area contributed by atoms with Crippen LogP contribution in [0.25, 0.3) is 0 Å². The zero-order chi connectivity index (χ0) is 10.5. The van der Waals surface area contributed by atoms with Gasteiger partial charge in [-0.3, -0.25) is 0 Å². The second-order valence-corrected chi connectivity index (χ2v) is 5.49. The van der Waals surface area contributed by atoms with Crippen molar-refractivity contribution in [2.45, 2.75) is 12.5 Å². The Balaban J connectivity index is 1.70. The van der Waals surface area contributed by atoms with E-state index < -0.39 is 0 Å². The van der Waals surface area contributed by atoms with Crippen LogP contribution in [0.3, 0.4) is 0 Å². The molecule has 3 aliphatic rings. The van der Waals surface area contributed by atoms with E-state index in [1.165, 1.54) is 18.5 Å². The Morgan fingerprint density at radius 3 is 2.69 bits per heavy atom. The third-order valence-corrected chi connectivity index (χ3v) is 4.81. The summed E-state index contributed by atoms with van der Waals surface area (Å²) in [6, 6.07) is 11.6. The first-order chi connectivity index (χ1) is 7.93. The van der Waals surface area contributed by atoms with Crippen LogP contribution in [0.15, 0.2) is 42.5 Å². The quantitative estimate of drug-likeness (QED) is 0.704. The summed E-state index contributed by atoms with van der Waals surface area (Å²) in [5.41, 5.74) is 1.48. The van der Waals surface area contributed by atoms with Gasteiger partial charge in [0.15, 0.2) is 0 Å². The molecule has 2 bridgehead atoms. The van der Waals surface area contributed by atoms with Crippen LogP contribution in [-0.4, -0.2) is 6.54 Å². The molecular weight excluding hydrogens is 194 g/mol. The molecular formula is C15H17N. The molecule has 82 valence electrons. The van der Waals surface area contributed by atoms with Gasteiger partial charge in [-0.25, -0.2) is 0 Å². The van der Waals surface area contributed by atoms with Crippen LogP contribution in [0.2, 0.25) is 0 Å². The Morgan fingerprint density at radius 2 is 1.81 bits per heavy atom. The number of hydrogen-bond acceptors (Lipinski definition) is 1. The van der Waals surface area contributed by atoms with Gasteiger partial charge in [-0.05, 0) is 42.2 Å². The van der Waals surface area contributed by atoms with Crippen molar-refractivity contribution in [2.75, 3.05) is 6.54 Å². The van der Waals surface area contributed by atoms with Crippen molar-refractivity contribution in [3.63, 3.8) is 0 Å². The number of rotatable bonds is 1. The molecule has 1 heterocycles. The molecule has 1 N–H and O–H groups in total. The molecule has 0 radical (unpaired) electrons. The van der Waals surface area contributed by atoms with Gasteiger partial charge in [0, 0.05) is 6.04 Å². The van der Waals surface area contributed by atoms with Crippen molar-refractivity contribution in [1.29, 1.82) is 0 Å². The molecule has 1 aromatic carbocycles. The van der Waals surface area contributed by atoms with Crippen molar-refractivity contribution in [1.82, 2.24) is 5.32 Å². The first-order valence-electron chi connectivity index (χ1n) is 6.40. The van der Waals surface area contributed by atoms with E-state index in [9.17, 15) is 0 Å². The average Bonchev–Trinajstić information content (AvgIpc) is 3.03.